The topological polar surface area (TPSA) is 47.0 Å². The van der Waals surface area contributed by atoms with E-state index in [-0.39, 0.29) is 25.0 Å². The summed E-state index contributed by atoms with van der Waals surface area (Å²) in [5.41, 5.74) is 0. The third kappa shape index (κ3) is 4.00. The summed E-state index contributed by atoms with van der Waals surface area (Å²) in [6.45, 7) is 0. The average molecular weight is 328 g/mol. The Kier molecular flexibility index (Phi) is 4.70. The Bertz CT molecular complexity index is 516. The van der Waals surface area contributed by atoms with Crippen molar-refractivity contribution in [3.05, 3.63) is 12.5 Å². The molecule has 2 aliphatic rings. The molecule has 1 heterocycles. The second kappa shape index (κ2) is 6.56. The number of hydrogen-bond acceptors (Lipinski definition) is 5. The van der Waals surface area contributed by atoms with Crippen LogP contribution in [0.1, 0.15) is 38.5 Å². The molecule has 0 aromatic carbocycles. The van der Waals surface area contributed by atoms with Crippen molar-refractivity contribution in [1.82, 2.24) is 9.97 Å². The molecule has 4 nitrogen and oxygen atoms in total. The second-order valence-electron chi connectivity index (χ2n) is 5.85. The quantitative estimate of drug-likeness (QED) is 0.655. The molecule has 0 aliphatic heterocycles. The third-order valence-electron chi connectivity index (χ3n) is 4.08. The Hall–Kier alpha value is -1.11. The fraction of sp³-hybridized carbons (Fsp3) is 0.667. The van der Waals surface area contributed by atoms with E-state index in [0.29, 0.717) is 29.7 Å². The smallest absolute Gasteiger partial charge is 0.248 e. The van der Waals surface area contributed by atoms with E-state index in [0.717, 1.165) is 12.8 Å². The number of thioether (sulfide) groups is 1. The van der Waals surface area contributed by atoms with E-state index in [1.54, 1.807) is 6.07 Å². The molecule has 0 saturated heterocycles. The Morgan fingerprint density at radius 1 is 1.27 bits per heavy atom. The van der Waals surface area contributed by atoms with Crippen molar-refractivity contribution in [3.8, 4) is 5.88 Å². The molecule has 22 heavy (non-hydrogen) atoms. The molecule has 3 rings (SSSR count). The van der Waals surface area contributed by atoms with Gasteiger partial charge in [-0.2, -0.15) is 4.98 Å². The summed E-state index contributed by atoms with van der Waals surface area (Å²) in [6, 6.07) is 1.80. The highest BCUT2D eigenvalue weighted by molar-refractivity contribution is 7.98. The summed E-state index contributed by atoms with van der Waals surface area (Å²) in [5, 5.41) is 3.89. The van der Waals surface area contributed by atoms with Crippen LogP contribution in [0.3, 0.4) is 0 Å². The van der Waals surface area contributed by atoms with Gasteiger partial charge in [0.15, 0.2) is 5.16 Å². The number of nitrogens with zero attached hydrogens (tertiary/aromatic N) is 2. The highest BCUT2D eigenvalue weighted by Crippen LogP contribution is 2.34. The lowest BCUT2D eigenvalue weighted by atomic mass is 9.92. The molecular weight excluding hydrogens is 308 g/mol. The molecular formula is C15H20F2N3OS. The van der Waals surface area contributed by atoms with Gasteiger partial charge in [0.1, 0.15) is 11.9 Å². The number of ether oxygens (including phenoxy) is 1. The summed E-state index contributed by atoms with van der Waals surface area (Å²) in [5.74, 6) is -1.29. The molecule has 0 bridgehead atoms. The van der Waals surface area contributed by atoms with Gasteiger partial charge in [-0.15, -0.1) is 0 Å². The average Bonchev–Trinajstić information content (AvgIpc) is 2.45. The van der Waals surface area contributed by atoms with E-state index in [9.17, 15) is 8.78 Å². The van der Waals surface area contributed by atoms with Crippen LogP contribution < -0.4 is 10.1 Å². The zero-order chi connectivity index (χ0) is 15.6. The lowest BCUT2D eigenvalue weighted by Crippen LogP contribution is -2.32. The summed E-state index contributed by atoms with van der Waals surface area (Å²) < 4.78 is 32.2. The predicted octanol–water partition coefficient (Wildman–Crippen LogP) is 3.93. The van der Waals surface area contributed by atoms with Gasteiger partial charge < -0.3 is 10.1 Å². The van der Waals surface area contributed by atoms with E-state index in [1.807, 2.05) is 6.26 Å². The van der Waals surface area contributed by atoms with E-state index in [2.05, 4.69) is 21.7 Å². The van der Waals surface area contributed by atoms with Gasteiger partial charge in [0.25, 0.3) is 0 Å². The maximum absolute atomic E-state index is 13.2. The SMILES string of the molecule is CSc1nc(NC2CCC(F)(F)CC2)cc(OC2C[CH]C2)n1. The fourth-order valence-corrected chi connectivity index (χ4v) is 2.96. The van der Waals surface area contributed by atoms with E-state index in [1.165, 1.54) is 11.8 Å². The number of aromatic nitrogens is 2. The first-order valence-corrected chi connectivity index (χ1v) is 8.82. The van der Waals surface area contributed by atoms with Crippen molar-refractivity contribution in [2.75, 3.05) is 11.6 Å². The van der Waals surface area contributed by atoms with Crippen molar-refractivity contribution in [1.29, 1.82) is 0 Å². The van der Waals surface area contributed by atoms with Crippen LogP contribution in [0.15, 0.2) is 11.2 Å². The van der Waals surface area contributed by atoms with Gasteiger partial charge in [0.05, 0.1) is 0 Å². The number of hydrogen-bond donors (Lipinski definition) is 1. The molecule has 1 aromatic heterocycles. The molecule has 7 heteroatoms. The van der Waals surface area contributed by atoms with Gasteiger partial charge in [-0.25, -0.2) is 13.8 Å². The van der Waals surface area contributed by atoms with Crippen LogP contribution in [0.2, 0.25) is 0 Å². The molecule has 0 unspecified atom stereocenters. The molecule has 2 aliphatic carbocycles. The van der Waals surface area contributed by atoms with Crippen LogP contribution in [-0.4, -0.2) is 34.3 Å². The van der Waals surface area contributed by atoms with Crippen LogP contribution in [0.25, 0.3) is 0 Å². The lowest BCUT2D eigenvalue weighted by molar-refractivity contribution is -0.0361. The van der Waals surface area contributed by atoms with Gasteiger partial charge in [0.2, 0.25) is 11.8 Å². The van der Waals surface area contributed by atoms with Crippen LogP contribution in [-0.2, 0) is 0 Å². The summed E-state index contributed by atoms with van der Waals surface area (Å²) >= 11 is 1.44. The zero-order valence-corrected chi connectivity index (χ0v) is 13.3. The van der Waals surface area contributed by atoms with Crippen molar-refractivity contribution in [3.63, 3.8) is 0 Å². The summed E-state index contributed by atoms with van der Waals surface area (Å²) in [6.07, 6.45) is 6.95. The molecule has 0 spiro atoms. The van der Waals surface area contributed by atoms with Gasteiger partial charge >= 0.3 is 0 Å². The second-order valence-corrected chi connectivity index (χ2v) is 6.63. The summed E-state index contributed by atoms with van der Waals surface area (Å²) in [7, 11) is 0. The van der Waals surface area contributed by atoms with Crippen molar-refractivity contribution < 1.29 is 13.5 Å². The first-order chi connectivity index (χ1) is 10.5. The molecule has 121 valence electrons. The standard InChI is InChI=1S/C15H20F2N3OS/c1-22-14-19-12(9-13(20-14)21-11-3-2-4-11)18-10-5-7-15(16,17)8-6-10/h2,9-11H,3-8H2,1H3,(H,18,19,20). The monoisotopic (exact) mass is 328 g/mol. The number of nitrogens with one attached hydrogen (secondary N) is 1. The first-order valence-electron chi connectivity index (χ1n) is 7.60. The van der Waals surface area contributed by atoms with Gasteiger partial charge in [-0.1, -0.05) is 11.8 Å². The fourth-order valence-electron chi connectivity index (χ4n) is 2.59. The number of halogens is 2. The third-order valence-corrected chi connectivity index (χ3v) is 4.63. The molecule has 0 atom stereocenters. The normalized spacial score (nSPS) is 22.1. The molecule has 1 radical (unpaired) electrons. The highest BCUT2D eigenvalue weighted by Gasteiger charge is 2.35. The van der Waals surface area contributed by atoms with E-state index >= 15 is 0 Å². The van der Waals surface area contributed by atoms with Crippen LogP contribution in [0, 0.1) is 6.42 Å². The maximum Gasteiger partial charge on any atom is 0.248 e. The van der Waals surface area contributed by atoms with Gasteiger partial charge in [0, 0.05) is 24.9 Å². The minimum absolute atomic E-state index is 0.0362. The molecule has 2 fully saturated rings. The Labute approximate surface area is 133 Å². The minimum Gasteiger partial charge on any atom is -0.474 e. The molecule has 2 saturated carbocycles. The van der Waals surface area contributed by atoms with Crippen molar-refractivity contribution in [2.45, 2.75) is 61.7 Å². The van der Waals surface area contributed by atoms with Crippen molar-refractivity contribution in [2.24, 2.45) is 0 Å². The number of alkyl halides is 2. The maximum atomic E-state index is 13.2. The predicted molar refractivity (Wildman–Crippen MR) is 82.6 cm³/mol. The Balaban J connectivity index is 1.65. The largest absolute Gasteiger partial charge is 0.474 e. The number of rotatable bonds is 5. The molecule has 1 aromatic rings. The molecule has 1 N–H and O–H groups in total. The lowest BCUT2D eigenvalue weighted by Gasteiger charge is -2.29. The summed E-state index contributed by atoms with van der Waals surface area (Å²) in [4.78, 5) is 8.74. The van der Waals surface area contributed by atoms with Crippen LogP contribution in [0.4, 0.5) is 14.6 Å². The minimum atomic E-state index is -2.51. The highest BCUT2D eigenvalue weighted by atomic mass is 32.2. The number of anilines is 1. The zero-order valence-electron chi connectivity index (χ0n) is 12.5. The first kappa shape index (κ1) is 15.8. The van der Waals surface area contributed by atoms with Gasteiger partial charge in [-0.05, 0) is 38.4 Å². The van der Waals surface area contributed by atoms with Crippen LogP contribution >= 0.6 is 11.8 Å². The van der Waals surface area contributed by atoms with Gasteiger partial charge in [-0.3, -0.25) is 0 Å². The molecule has 0 amide bonds. The Morgan fingerprint density at radius 2 is 2.00 bits per heavy atom. The van der Waals surface area contributed by atoms with Crippen molar-refractivity contribution >= 4 is 17.6 Å². The van der Waals surface area contributed by atoms with E-state index < -0.39 is 5.92 Å². The van der Waals surface area contributed by atoms with E-state index in [4.69, 9.17) is 4.74 Å². The Morgan fingerprint density at radius 3 is 2.59 bits per heavy atom. The van der Waals surface area contributed by atoms with Crippen LogP contribution in [0.5, 0.6) is 5.88 Å².